The van der Waals surface area contributed by atoms with E-state index in [4.69, 9.17) is 0 Å². The first-order chi connectivity index (χ1) is 14.2. The van der Waals surface area contributed by atoms with Crippen molar-refractivity contribution in [3.8, 4) is 5.75 Å². The van der Waals surface area contributed by atoms with Crippen molar-refractivity contribution in [1.29, 1.82) is 0 Å². The molecule has 1 amide bonds. The molecule has 1 aromatic heterocycles. The van der Waals surface area contributed by atoms with Crippen molar-refractivity contribution in [2.75, 3.05) is 38.0 Å². The number of hydrogen-bond acceptors (Lipinski definition) is 7. The maximum absolute atomic E-state index is 12.5. The number of aromatic hydroxyl groups is 1. The van der Waals surface area contributed by atoms with Gasteiger partial charge in [0, 0.05) is 33.1 Å². The molecule has 0 aliphatic heterocycles. The Morgan fingerprint density at radius 2 is 1.70 bits per heavy atom. The summed E-state index contributed by atoms with van der Waals surface area (Å²) in [6.45, 7) is 2.03. The van der Waals surface area contributed by atoms with Crippen molar-refractivity contribution in [3.05, 3.63) is 66.6 Å². The Bertz CT molecular complexity index is 1130. The normalized spacial score (nSPS) is 12.0. The standard InChI is InChI=1S/C22H25N3O4S/c1-6-14(16-11-8-12-30-16)24(4)17-18(21(28)20(17)27)25(5)15-10-7-9-13(19(15)26)22(29)23(2)3/h7-12,14,26H,6H2,1-5H3/t14-/m1/s1. The number of nitrogens with zero attached hydrogens (tertiary/aromatic N) is 3. The molecule has 0 bridgehead atoms. The van der Waals surface area contributed by atoms with E-state index >= 15 is 0 Å². The lowest BCUT2D eigenvalue weighted by molar-refractivity contribution is 0.0824. The molecule has 0 radical (unpaired) electrons. The molecule has 3 aromatic rings. The summed E-state index contributed by atoms with van der Waals surface area (Å²) in [6, 6.07) is 8.68. The Morgan fingerprint density at radius 3 is 2.27 bits per heavy atom. The van der Waals surface area contributed by atoms with Crippen LogP contribution in [-0.2, 0) is 0 Å². The van der Waals surface area contributed by atoms with Gasteiger partial charge in [-0.1, -0.05) is 19.1 Å². The Hall–Kier alpha value is -3.13. The van der Waals surface area contributed by atoms with Gasteiger partial charge in [-0.2, -0.15) is 0 Å². The first-order valence-electron chi connectivity index (χ1n) is 9.57. The lowest BCUT2D eigenvalue weighted by Crippen LogP contribution is -2.44. The summed E-state index contributed by atoms with van der Waals surface area (Å²) in [7, 11) is 6.60. The van der Waals surface area contributed by atoms with Crippen LogP contribution in [0.3, 0.4) is 0 Å². The summed E-state index contributed by atoms with van der Waals surface area (Å²) in [5, 5.41) is 12.7. The summed E-state index contributed by atoms with van der Waals surface area (Å²) in [5.74, 6) is -0.584. The van der Waals surface area contributed by atoms with E-state index in [2.05, 4.69) is 0 Å². The molecule has 3 rings (SSSR count). The SMILES string of the molecule is CC[C@H](c1cccs1)N(C)c1c(N(C)c2cccc(C(=O)N(C)C)c2O)c(=O)c1=O. The van der Waals surface area contributed by atoms with Gasteiger partial charge in [-0.15, -0.1) is 11.3 Å². The fourth-order valence-electron chi connectivity index (χ4n) is 3.64. The van der Waals surface area contributed by atoms with E-state index in [9.17, 15) is 19.5 Å². The Labute approximate surface area is 179 Å². The van der Waals surface area contributed by atoms with Crippen LogP contribution in [0.15, 0.2) is 45.3 Å². The molecule has 1 atom stereocenters. The Balaban J connectivity index is 2.04. The molecule has 0 saturated heterocycles. The molecule has 7 nitrogen and oxygen atoms in total. The second kappa shape index (κ2) is 8.31. The third kappa shape index (κ3) is 3.47. The van der Waals surface area contributed by atoms with Crippen LogP contribution in [0, 0.1) is 0 Å². The summed E-state index contributed by atoms with van der Waals surface area (Å²) in [5.41, 5.74) is -0.219. The zero-order chi connectivity index (χ0) is 22.2. The molecule has 0 unspecified atom stereocenters. The quantitative estimate of drug-likeness (QED) is 0.584. The van der Waals surface area contributed by atoms with Crippen LogP contribution in [0.4, 0.5) is 17.1 Å². The average molecular weight is 428 g/mol. The van der Waals surface area contributed by atoms with Crippen molar-refractivity contribution >= 4 is 34.3 Å². The number of amides is 1. The van der Waals surface area contributed by atoms with E-state index < -0.39 is 10.9 Å². The van der Waals surface area contributed by atoms with Crippen molar-refractivity contribution in [3.63, 3.8) is 0 Å². The van der Waals surface area contributed by atoms with Gasteiger partial charge in [0.1, 0.15) is 11.4 Å². The van der Waals surface area contributed by atoms with Crippen LogP contribution >= 0.6 is 11.3 Å². The molecule has 30 heavy (non-hydrogen) atoms. The molecule has 0 fully saturated rings. The van der Waals surface area contributed by atoms with Crippen LogP contribution in [0.25, 0.3) is 0 Å². The average Bonchev–Trinajstić information content (AvgIpc) is 3.25. The molecule has 1 heterocycles. The number of benzene rings is 1. The molecular weight excluding hydrogens is 402 g/mol. The third-order valence-corrected chi connectivity index (χ3v) is 6.26. The summed E-state index contributed by atoms with van der Waals surface area (Å²) in [4.78, 5) is 43.1. The maximum atomic E-state index is 12.5. The fourth-order valence-corrected chi connectivity index (χ4v) is 4.60. The van der Waals surface area contributed by atoms with Crippen LogP contribution < -0.4 is 20.7 Å². The molecule has 2 aromatic carbocycles. The van der Waals surface area contributed by atoms with Gasteiger partial charge in [-0.25, -0.2) is 0 Å². The zero-order valence-corrected chi connectivity index (χ0v) is 18.5. The molecule has 158 valence electrons. The van der Waals surface area contributed by atoms with Gasteiger partial charge in [0.25, 0.3) is 16.8 Å². The Morgan fingerprint density at radius 1 is 1.03 bits per heavy atom. The smallest absolute Gasteiger partial charge is 0.257 e. The van der Waals surface area contributed by atoms with E-state index in [1.807, 2.05) is 29.3 Å². The highest BCUT2D eigenvalue weighted by molar-refractivity contribution is 7.10. The largest absolute Gasteiger partial charge is 0.505 e. The van der Waals surface area contributed by atoms with E-state index in [1.54, 1.807) is 51.7 Å². The lowest BCUT2D eigenvalue weighted by Gasteiger charge is -2.33. The zero-order valence-electron chi connectivity index (χ0n) is 17.7. The predicted molar refractivity (Wildman–Crippen MR) is 121 cm³/mol. The molecule has 1 N–H and O–H groups in total. The molecular formula is C22H25N3O4S. The third-order valence-electron chi connectivity index (χ3n) is 5.29. The minimum absolute atomic E-state index is 0.0456. The summed E-state index contributed by atoms with van der Waals surface area (Å²) in [6.07, 6.45) is 0.761. The number of phenols is 1. The lowest BCUT2D eigenvalue weighted by atomic mass is 10.1. The van der Waals surface area contributed by atoms with Crippen molar-refractivity contribution in [1.82, 2.24) is 4.90 Å². The number of hydrogen-bond donors (Lipinski definition) is 1. The number of carbonyl (C=O) groups excluding carboxylic acids is 1. The number of para-hydroxylation sites is 1. The van der Waals surface area contributed by atoms with E-state index in [0.29, 0.717) is 5.69 Å². The molecule has 0 saturated carbocycles. The number of phenolic OH excluding ortho intramolecular Hbond substituents is 1. The number of rotatable bonds is 7. The molecule has 8 heteroatoms. The van der Waals surface area contributed by atoms with Gasteiger partial charge >= 0.3 is 0 Å². The molecule has 0 aliphatic carbocycles. The predicted octanol–water partition coefficient (Wildman–Crippen LogP) is 3.11. The highest BCUT2D eigenvalue weighted by Crippen LogP contribution is 2.39. The number of thiophene rings is 1. The Kier molecular flexibility index (Phi) is 5.98. The minimum atomic E-state index is -0.607. The number of carbonyl (C=O) groups is 1. The van der Waals surface area contributed by atoms with Gasteiger partial charge < -0.3 is 19.8 Å². The summed E-state index contributed by atoms with van der Waals surface area (Å²) < 4.78 is 0. The first kappa shape index (κ1) is 21.6. The first-order valence-corrected chi connectivity index (χ1v) is 10.5. The van der Waals surface area contributed by atoms with Crippen LogP contribution in [0.1, 0.15) is 34.6 Å². The van der Waals surface area contributed by atoms with Crippen LogP contribution in [0.2, 0.25) is 0 Å². The van der Waals surface area contributed by atoms with Gasteiger partial charge in [0.2, 0.25) is 0 Å². The van der Waals surface area contributed by atoms with Gasteiger partial charge in [-0.05, 0) is 30.0 Å². The monoisotopic (exact) mass is 427 g/mol. The van der Waals surface area contributed by atoms with E-state index in [-0.39, 0.29) is 34.6 Å². The van der Waals surface area contributed by atoms with Crippen LogP contribution in [0.5, 0.6) is 5.75 Å². The minimum Gasteiger partial charge on any atom is -0.505 e. The second-order valence-corrected chi connectivity index (χ2v) is 8.32. The second-order valence-electron chi connectivity index (χ2n) is 7.34. The highest BCUT2D eigenvalue weighted by atomic mass is 32.1. The molecule has 0 spiro atoms. The van der Waals surface area contributed by atoms with Gasteiger partial charge in [0.15, 0.2) is 5.75 Å². The van der Waals surface area contributed by atoms with Crippen molar-refractivity contribution < 1.29 is 9.90 Å². The van der Waals surface area contributed by atoms with E-state index in [1.165, 1.54) is 15.9 Å². The van der Waals surface area contributed by atoms with Gasteiger partial charge in [-0.3, -0.25) is 14.4 Å². The summed E-state index contributed by atoms with van der Waals surface area (Å²) >= 11 is 1.60. The number of anilines is 3. The molecule has 0 aliphatic rings. The fraction of sp³-hybridized carbons (Fsp3) is 0.318. The maximum Gasteiger partial charge on any atom is 0.257 e. The van der Waals surface area contributed by atoms with Gasteiger partial charge in [0.05, 0.1) is 17.3 Å². The van der Waals surface area contributed by atoms with Crippen molar-refractivity contribution in [2.24, 2.45) is 0 Å². The highest BCUT2D eigenvalue weighted by Gasteiger charge is 2.32. The van der Waals surface area contributed by atoms with E-state index in [0.717, 1.165) is 11.3 Å². The topological polar surface area (TPSA) is 81.2 Å². The van der Waals surface area contributed by atoms with Crippen LogP contribution in [-0.4, -0.2) is 44.1 Å². The van der Waals surface area contributed by atoms with Crippen molar-refractivity contribution in [2.45, 2.75) is 19.4 Å².